The lowest BCUT2D eigenvalue weighted by Gasteiger charge is -2.37. The summed E-state index contributed by atoms with van der Waals surface area (Å²) in [6.45, 7) is 4.95. The third kappa shape index (κ3) is 5.43. The molecule has 0 spiro atoms. The fourth-order valence-electron chi connectivity index (χ4n) is 3.30. The van der Waals surface area contributed by atoms with Crippen molar-refractivity contribution in [1.29, 1.82) is 0 Å². The lowest BCUT2D eigenvalue weighted by atomic mass is 10.2. The topological polar surface area (TPSA) is 65.0 Å². The highest BCUT2D eigenvalue weighted by Crippen LogP contribution is 2.24. The first-order chi connectivity index (χ1) is 13.5. The molecule has 2 aromatic rings. The van der Waals surface area contributed by atoms with Crippen LogP contribution in [-0.4, -0.2) is 61.3 Å². The van der Waals surface area contributed by atoms with Crippen LogP contribution in [-0.2, 0) is 4.79 Å². The van der Waals surface area contributed by atoms with E-state index in [9.17, 15) is 14.3 Å². The Kier molecular flexibility index (Phi) is 6.84. The molecule has 0 aromatic heterocycles. The molecule has 0 radical (unpaired) electrons. The molecule has 1 aliphatic rings. The number of carbonyl (C=O) groups excluding carboxylic acids is 1. The van der Waals surface area contributed by atoms with Crippen LogP contribution >= 0.6 is 0 Å². The molecule has 150 valence electrons. The highest BCUT2D eigenvalue weighted by atomic mass is 19.1. The number of hydrogen-bond donors (Lipinski definition) is 2. The Morgan fingerprint density at radius 3 is 2.54 bits per heavy atom. The first-order valence-electron chi connectivity index (χ1n) is 9.42. The largest absolute Gasteiger partial charge is 0.489 e. The monoisotopic (exact) mass is 387 g/mol. The number of rotatable bonds is 7. The van der Waals surface area contributed by atoms with Gasteiger partial charge in [0, 0.05) is 39.6 Å². The first-order valence-corrected chi connectivity index (χ1v) is 9.42. The van der Waals surface area contributed by atoms with Crippen LogP contribution in [0.1, 0.15) is 6.92 Å². The van der Waals surface area contributed by atoms with Crippen molar-refractivity contribution in [2.24, 2.45) is 0 Å². The van der Waals surface area contributed by atoms with Gasteiger partial charge >= 0.3 is 0 Å². The maximum Gasteiger partial charge on any atom is 0.221 e. The van der Waals surface area contributed by atoms with E-state index in [1.54, 1.807) is 24.3 Å². The summed E-state index contributed by atoms with van der Waals surface area (Å²) in [6.07, 6.45) is -0.662. The average molecular weight is 387 g/mol. The van der Waals surface area contributed by atoms with Gasteiger partial charge in [-0.3, -0.25) is 9.69 Å². The van der Waals surface area contributed by atoms with Gasteiger partial charge in [-0.1, -0.05) is 24.3 Å². The number of aliphatic hydroxyl groups excluding tert-OH is 1. The predicted molar refractivity (Wildman–Crippen MR) is 107 cm³/mol. The van der Waals surface area contributed by atoms with Crippen molar-refractivity contribution in [2.45, 2.75) is 13.0 Å². The Hall–Kier alpha value is -2.64. The number of benzene rings is 2. The van der Waals surface area contributed by atoms with Gasteiger partial charge in [-0.05, 0) is 24.3 Å². The molecule has 7 heteroatoms. The van der Waals surface area contributed by atoms with E-state index in [0.29, 0.717) is 36.8 Å². The minimum Gasteiger partial charge on any atom is -0.489 e. The van der Waals surface area contributed by atoms with Crippen LogP contribution in [0.15, 0.2) is 48.5 Å². The van der Waals surface area contributed by atoms with Crippen molar-refractivity contribution in [3.63, 3.8) is 0 Å². The summed E-state index contributed by atoms with van der Waals surface area (Å²) >= 11 is 0. The van der Waals surface area contributed by atoms with Gasteiger partial charge in [-0.15, -0.1) is 0 Å². The number of nitrogens with one attached hydrogen (secondary N) is 1. The van der Waals surface area contributed by atoms with Crippen LogP contribution in [0.5, 0.6) is 5.75 Å². The van der Waals surface area contributed by atoms with Crippen molar-refractivity contribution < 1.29 is 19.0 Å². The minimum atomic E-state index is -0.662. The van der Waals surface area contributed by atoms with Crippen molar-refractivity contribution >= 4 is 17.3 Å². The lowest BCUT2D eigenvalue weighted by Crippen LogP contribution is -2.49. The van der Waals surface area contributed by atoms with E-state index in [1.165, 1.54) is 13.0 Å². The molecule has 1 amide bonds. The number of carbonyl (C=O) groups is 1. The summed E-state index contributed by atoms with van der Waals surface area (Å²) < 4.78 is 19.6. The number of halogens is 1. The molecule has 6 nitrogen and oxygen atoms in total. The molecular weight excluding hydrogens is 361 g/mol. The number of hydrogen-bond acceptors (Lipinski definition) is 5. The van der Waals surface area contributed by atoms with Gasteiger partial charge in [0.25, 0.3) is 0 Å². The Morgan fingerprint density at radius 1 is 1.14 bits per heavy atom. The zero-order chi connectivity index (χ0) is 19.9. The molecule has 1 aliphatic heterocycles. The molecule has 2 aromatic carbocycles. The smallest absolute Gasteiger partial charge is 0.221 e. The Morgan fingerprint density at radius 2 is 1.82 bits per heavy atom. The van der Waals surface area contributed by atoms with Gasteiger partial charge in [0.2, 0.25) is 5.91 Å². The zero-order valence-corrected chi connectivity index (χ0v) is 16.0. The van der Waals surface area contributed by atoms with Crippen LogP contribution < -0.4 is 15.0 Å². The summed E-state index contributed by atoms with van der Waals surface area (Å²) in [5, 5.41) is 13.0. The van der Waals surface area contributed by atoms with E-state index >= 15 is 0 Å². The molecule has 0 saturated carbocycles. The zero-order valence-electron chi connectivity index (χ0n) is 16.0. The van der Waals surface area contributed by atoms with Crippen molar-refractivity contribution in [2.75, 3.05) is 49.5 Å². The second-order valence-corrected chi connectivity index (χ2v) is 6.88. The van der Waals surface area contributed by atoms with Crippen LogP contribution in [0.25, 0.3) is 0 Å². The number of para-hydroxylation sites is 3. The van der Waals surface area contributed by atoms with Crippen LogP contribution in [0, 0.1) is 5.82 Å². The molecule has 1 fully saturated rings. The molecule has 0 bridgehead atoms. The highest BCUT2D eigenvalue weighted by Gasteiger charge is 2.21. The van der Waals surface area contributed by atoms with Gasteiger partial charge in [-0.25, -0.2) is 4.39 Å². The molecule has 2 N–H and O–H groups in total. The van der Waals surface area contributed by atoms with Gasteiger partial charge < -0.3 is 20.1 Å². The maximum atomic E-state index is 13.9. The second kappa shape index (κ2) is 9.52. The second-order valence-electron chi connectivity index (χ2n) is 6.88. The predicted octanol–water partition coefficient (Wildman–Crippen LogP) is 2.35. The lowest BCUT2D eigenvalue weighted by molar-refractivity contribution is -0.114. The molecule has 1 saturated heterocycles. The molecule has 28 heavy (non-hydrogen) atoms. The normalized spacial score (nSPS) is 15.9. The van der Waals surface area contributed by atoms with E-state index < -0.39 is 6.10 Å². The Labute approximate surface area is 164 Å². The third-order valence-electron chi connectivity index (χ3n) is 4.66. The van der Waals surface area contributed by atoms with E-state index in [2.05, 4.69) is 10.2 Å². The summed E-state index contributed by atoms with van der Waals surface area (Å²) in [7, 11) is 0. The molecular formula is C21H26FN3O3. The van der Waals surface area contributed by atoms with E-state index in [0.717, 1.165) is 13.1 Å². The number of nitrogens with zero attached hydrogens (tertiary/aromatic N) is 2. The fraction of sp³-hybridized carbons (Fsp3) is 0.381. The molecule has 3 rings (SSSR count). The molecule has 1 heterocycles. The van der Waals surface area contributed by atoms with Crippen molar-refractivity contribution in [1.82, 2.24) is 4.90 Å². The molecule has 0 aliphatic carbocycles. The summed E-state index contributed by atoms with van der Waals surface area (Å²) in [6, 6.07) is 13.9. The van der Waals surface area contributed by atoms with Gasteiger partial charge in [-0.2, -0.15) is 0 Å². The average Bonchev–Trinajstić information content (AvgIpc) is 2.68. The number of ether oxygens (including phenoxy) is 1. The highest BCUT2D eigenvalue weighted by molar-refractivity contribution is 5.90. The van der Waals surface area contributed by atoms with Gasteiger partial charge in [0.1, 0.15) is 24.3 Å². The van der Waals surface area contributed by atoms with Gasteiger partial charge in [0.05, 0.1) is 11.4 Å². The van der Waals surface area contributed by atoms with E-state index in [1.807, 2.05) is 23.1 Å². The van der Waals surface area contributed by atoms with Crippen LogP contribution in [0.3, 0.4) is 0 Å². The van der Waals surface area contributed by atoms with Crippen molar-refractivity contribution in [3.05, 3.63) is 54.3 Å². The number of anilines is 2. The molecule has 1 atom stereocenters. The molecule has 1 unspecified atom stereocenters. The number of amides is 1. The van der Waals surface area contributed by atoms with Crippen molar-refractivity contribution in [3.8, 4) is 5.75 Å². The third-order valence-corrected chi connectivity index (χ3v) is 4.66. The number of β-amino-alcohol motifs (C(OH)–C–C–N with tert-alkyl or cyclic N) is 1. The standard InChI is InChI=1S/C21H26FN3O3/c1-16(26)23-19-7-3-5-9-21(19)28-15-17(27)14-24-10-12-25(13-11-24)20-8-4-2-6-18(20)22/h2-9,17,27H,10-15H2,1H3,(H,23,26). The van der Waals surface area contributed by atoms with Crippen LogP contribution in [0.2, 0.25) is 0 Å². The summed E-state index contributed by atoms with van der Waals surface area (Å²) in [4.78, 5) is 15.4. The van der Waals surface area contributed by atoms with E-state index in [4.69, 9.17) is 4.74 Å². The van der Waals surface area contributed by atoms with Gasteiger partial charge in [0.15, 0.2) is 0 Å². The number of piperazine rings is 1. The Bertz CT molecular complexity index is 794. The van der Waals surface area contributed by atoms with Crippen LogP contribution in [0.4, 0.5) is 15.8 Å². The summed E-state index contributed by atoms with van der Waals surface area (Å²) in [5.41, 5.74) is 1.21. The SMILES string of the molecule is CC(=O)Nc1ccccc1OCC(O)CN1CCN(c2ccccc2F)CC1. The minimum absolute atomic E-state index is 0.129. The number of aliphatic hydroxyl groups is 1. The quantitative estimate of drug-likeness (QED) is 0.764. The van der Waals surface area contributed by atoms with E-state index in [-0.39, 0.29) is 18.3 Å². The maximum absolute atomic E-state index is 13.9. The summed E-state index contributed by atoms with van der Waals surface area (Å²) in [5.74, 6) is 0.146. The first kappa shape index (κ1) is 20.1. The Balaban J connectivity index is 1.46. The fourth-order valence-corrected chi connectivity index (χ4v) is 3.30.